The highest BCUT2D eigenvalue weighted by Crippen LogP contribution is 2.18. The highest BCUT2D eigenvalue weighted by Gasteiger charge is 2.15. The van der Waals surface area contributed by atoms with Crippen LogP contribution in [-0.4, -0.2) is 31.9 Å². The summed E-state index contributed by atoms with van der Waals surface area (Å²) in [6, 6.07) is 3.40. The van der Waals surface area contributed by atoms with Crippen LogP contribution in [-0.2, 0) is 19.1 Å². The molecule has 0 radical (unpaired) electrons. The Morgan fingerprint density at radius 1 is 1.43 bits per heavy atom. The smallest absolute Gasteiger partial charge is 0.348 e. The van der Waals surface area contributed by atoms with Gasteiger partial charge in [0.1, 0.15) is 4.88 Å². The fourth-order valence-electron chi connectivity index (χ4n) is 1.77. The molecule has 1 unspecified atom stereocenters. The van der Waals surface area contributed by atoms with Gasteiger partial charge < -0.3 is 9.47 Å². The van der Waals surface area contributed by atoms with Gasteiger partial charge in [-0.2, -0.15) is 0 Å². The molecule has 7 heteroatoms. The minimum Gasteiger partial charge on any atom is -0.465 e. The van der Waals surface area contributed by atoms with Crippen molar-refractivity contribution >= 4 is 29.3 Å². The number of rotatable bonds is 5. The topological polar surface area (TPSA) is 73.9 Å². The van der Waals surface area contributed by atoms with Crippen LogP contribution in [0, 0.1) is 0 Å². The van der Waals surface area contributed by atoms with E-state index in [0.29, 0.717) is 11.5 Å². The van der Waals surface area contributed by atoms with Crippen molar-refractivity contribution in [3.63, 3.8) is 0 Å². The second-order valence-corrected chi connectivity index (χ2v) is 5.52. The molecule has 1 N–H and O–H groups in total. The summed E-state index contributed by atoms with van der Waals surface area (Å²) in [5.74, 6) is -0.765. The Balaban J connectivity index is 1.78. The fourth-order valence-corrected chi connectivity index (χ4v) is 2.60. The van der Waals surface area contributed by atoms with Crippen LogP contribution in [0.15, 0.2) is 18.2 Å². The number of amides is 1. The fraction of sp³-hybridized carbons (Fsp3) is 0.429. The van der Waals surface area contributed by atoms with E-state index in [1.807, 2.05) is 0 Å². The van der Waals surface area contributed by atoms with Crippen molar-refractivity contribution in [2.75, 3.05) is 13.7 Å². The highest BCUT2D eigenvalue weighted by atomic mass is 32.1. The van der Waals surface area contributed by atoms with Crippen molar-refractivity contribution in [1.29, 1.82) is 0 Å². The summed E-state index contributed by atoms with van der Waals surface area (Å²) in [6.07, 6.45) is 5.41. The summed E-state index contributed by atoms with van der Waals surface area (Å²) in [7, 11) is 1.33. The molecule has 1 fully saturated rings. The molecule has 0 aliphatic carbocycles. The predicted octanol–water partition coefficient (Wildman–Crippen LogP) is 2.12. The molecule has 6 nitrogen and oxygen atoms in total. The van der Waals surface area contributed by atoms with Crippen molar-refractivity contribution in [2.24, 2.45) is 0 Å². The molecular weight excluding hydrogens is 294 g/mol. The van der Waals surface area contributed by atoms with Crippen molar-refractivity contribution < 1.29 is 23.9 Å². The first-order valence-corrected chi connectivity index (χ1v) is 7.44. The van der Waals surface area contributed by atoms with Gasteiger partial charge in [0.15, 0.2) is 6.29 Å². The molecule has 1 aromatic heterocycles. The van der Waals surface area contributed by atoms with Gasteiger partial charge in [0, 0.05) is 24.0 Å². The van der Waals surface area contributed by atoms with Crippen molar-refractivity contribution in [1.82, 2.24) is 5.48 Å². The van der Waals surface area contributed by atoms with Crippen molar-refractivity contribution in [3.8, 4) is 0 Å². The number of carbonyl (C=O) groups is 2. The predicted molar refractivity (Wildman–Crippen MR) is 77.5 cm³/mol. The number of thiophene rings is 1. The highest BCUT2D eigenvalue weighted by molar-refractivity contribution is 7.14. The van der Waals surface area contributed by atoms with Gasteiger partial charge in [-0.05, 0) is 31.1 Å². The van der Waals surface area contributed by atoms with Crippen LogP contribution in [0.2, 0.25) is 0 Å². The quantitative estimate of drug-likeness (QED) is 0.512. The number of hydroxylamine groups is 1. The third-order valence-electron chi connectivity index (χ3n) is 2.84. The van der Waals surface area contributed by atoms with E-state index in [4.69, 9.17) is 9.57 Å². The maximum absolute atomic E-state index is 11.6. The standard InChI is InChI=1S/C14H17NO5S/c1-18-14(17)11-7-5-10(21-11)6-8-12(16)15-20-13-4-2-3-9-19-13/h5-8,13H,2-4,9H2,1H3,(H,15,16). The van der Waals surface area contributed by atoms with Crippen LogP contribution in [0.25, 0.3) is 6.08 Å². The molecule has 2 heterocycles. The summed E-state index contributed by atoms with van der Waals surface area (Å²) in [5.41, 5.74) is 2.33. The average Bonchev–Trinajstić information content (AvgIpc) is 3.00. The maximum atomic E-state index is 11.6. The number of hydrogen-bond acceptors (Lipinski definition) is 6. The van der Waals surface area contributed by atoms with E-state index in [-0.39, 0.29) is 18.2 Å². The summed E-state index contributed by atoms with van der Waals surface area (Å²) in [5, 5.41) is 0. The largest absolute Gasteiger partial charge is 0.465 e. The molecule has 0 spiro atoms. The molecule has 114 valence electrons. The average molecular weight is 311 g/mol. The minimum atomic E-state index is -0.387. The Hall–Kier alpha value is -1.70. The van der Waals surface area contributed by atoms with Crippen LogP contribution >= 0.6 is 11.3 Å². The molecule has 1 aliphatic heterocycles. The molecule has 1 atom stereocenters. The molecular formula is C14H17NO5S. The number of hydrogen-bond donors (Lipinski definition) is 1. The number of nitrogens with one attached hydrogen (secondary N) is 1. The number of esters is 1. The molecule has 1 aliphatic rings. The molecule has 1 amide bonds. The SMILES string of the molecule is COC(=O)c1ccc(C=CC(=O)NOC2CCCCO2)s1. The van der Waals surface area contributed by atoms with E-state index in [9.17, 15) is 9.59 Å². The first-order chi connectivity index (χ1) is 10.2. The molecule has 0 bridgehead atoms. The van der Waals surface area contributed by atoms with Crippen LogP contribution in [0.1, 0.15) is 33.8 Å². The summed E-state index contributed by atoms with van der Waals surface area (Å²) < 4.78 is 9.94. The van der Waals surface area contributed by atoms with Crippen LogP contribution in [0.4, 0.5) is 0 Å². The molecule has 0 saturated carbocycles. The second-order valence-electron chi connectivity index (χ2n) is 4.41. The second kappa shape index (κ2) is 7.92. The number of methoxy groups -OCH3 is 1. The van der Waals surface area contributed by atoms with Gasteiger partial charge in [-0.3, -0.25) is 4.79 Å². The molecule has 21 heavy (non-hydrogen) atoms. The summed E-state index contributed by atoms with van der Waals surface area (Å²) >= 11 is 1.25. The van der Waals surface area contributed by atoms with Gasteiger partial charge in [-0.25, -0.2) is 15.1 Å². The van der Waals surface area contributed by atoms with Gasteiger partial charge in [0.25, 0.3) is 5.91 Å². The lowest BCUT2D eigenvalue weighted by molar-refractivity contribution is -0.198. The van der Waals surface area contributed by atoms with E-state index in [1.54, 1.807) is 18.2 Å². The number of carbonyl (C=O) groups excluding carboxylic acids is 2. The Labute approximate surface area is 126 Å². The maximum Gasteiger partial charge on any atom is 0.348 e. The Morgan fingerprint density at radius 2 is 2.29 bits per heavy atom. The molecule has 1 saturated heterocycles. The van der Waals surface area contributed by atoms with E-state index in [2.05, 4.69) is 10.2 Å². The lowest BCUT2D eigenvalue weighted by Crippen LogP contribution is -2.32. The van der Waals surface area contributed by atoms with Gasteiger partial charge in [-0.15, -0.1) is 11.3 Å². The van der Waals surface area contributed by atoms with Crippen LogP contribution in [0.5, 0.6) is 0 Å². The lowest BCUT2D eigenvalue weighted by Gasteiger charge is -2.21. The minimum absolute atomic E-state index is 0.372. The lowest BCUT2D eigenvalue weighted by atomic mass is 10.2. The van der Waals surface area contributed by atoms with E-state index < -0.39 is 0 Å². The molecule has 2 rings (SSSR count). The Kier molecular flexibility index (Phi) is 5.91. The zero-order chi connectivity index (χ0) is 15.1. The summed E-state index contributed by atoms with van der Waals surface area (Å²) in [4.78, 5) is 29.3. The monoisotopic (exact) mass is 311 g/mol. The van der Waals surface area contributed by atoms with Crippen LogP contribution in [0.3, 0.4) is 0 Å². The third-order valence-corrected chi connectivity index (χ3v) is 3.87. The van der Waals surface area contributed by atoms with Crippen LogP contribution < -0.4 is 5.48 Å². The van der Waals surface area contributed by atoms with Gasteiger partial charge in [-0.1, -0.05) is 0 Å². The normalized spacial score (nSPS) is 18.6. The van der Waals surface area contributed by atoms with E-state index in [1.165, 1.54) is 24.5 Å². The van der Waals surface area contributed by atoms with Crippen molar-refractivity contribution in [2.45, 2.75) is 25.6 Å². The molecule has 1 aromatic rings. The van der Waals surface area contributed by atoms with Gasteiger partial charge in [0.2, 0.25) is 0 Å². The third kappa shape index (κ3) is 4.96. The zero-order valence-corrected chi connectivity index (χ0v) is 12.5. The molecule has 0 aromatic carbocycles. The first-order valence-electron chi connectivity index (χ1n) is 6.62. The van der Waals surface area contributed by atoms with E-state index in [0.717, 1.165) is 24.1 Å². The Bertz CT molecular complexity index is 519. The first kappa shape index (κ1) is 15.7. The zero-order valence-electron chi connectivity index (χ0n) is 11.7. The van der Waals surface area contributed by atoms with Crippen molar-refractivity contribution in [3.05, 3.63) is 28.0 Å². The summed E-state index contributed by atoms with van der Waals surface area (Å²) in [6.45, 7) is 0.655. The number of ether oxygens (including phenoxy) is 2. The Morgan fingerprint density at radius 3 is 3.00 bits per heavy atom. The van der Waals surface area contributed by atoms with Gasteiger partial charge in [0.05, 0.1) is 7.11 Å². The van der Waals surface area contributed by atoms with Gasteiger partial charge >= 0.3 is 5.97 Å². The van der Waals surface area contributed by atoms with E-state index >= 15 is 0 Å².